The second-order valence-corrected chi connectivity index (χ2v) is 9.42. The number of hydrogen-bond donors (Lipinski definition) is 0. The van der Waals surface area contributed by atoms with Gasteiger partial charge >= 0.3 is 5.97 Å². The molecule has 0 bridgehead atoms. The van der Waals surface area contributed by atoms with Gasteiger partial charge in [-0.1, -0.05) is 23.7 Å². The van der Waals surface area contributed by atoms with Crippen LogP contribution in [0.1, 0.15) is 16.7 Å². The molecule has 0 unspecified atom stereocenters. The normalized spacial score (nSPS) is 14.3. The lowest BCUT2D eigenvalue weighted by Gasteiger charge is -2.13. The lowest BCUT2D eigenvalue weighted by molar-refractivity contribution is -0.129. The summed E-state index contributed by atoms with van der Waals surface area (Å²) in [5, 5.41) is 0.440. The first-order valence-electron chi connectivity index (χ1n) is 9.57. The molecular weight excluding hydrogens is 628 g/mol. The van der Waals surface area contributed by atoms with Crippen molar-refractivity contribution in [2.45, 2.75) is 6.61 Å². The number of halogens is 4. The topological polar surface area (TPSA) is 57.1 Å². The molecule has 0 aliphatic carbocycles. The van der Waals surface area contributed by atoms with Crippen LogP contribution in [-0.4, -0.2) is 19.0 Å². The monoisotopic (exact) mass is 641 g/mol. The highest BCUT2D eigenvalue weighted by atomic mass is 127. The summed E-state index contributed by atoms with van der Waals surface area (Å²) in [5.74, 6) is 0.199. The highest BCUT2D eigenvalue weighted by Gasteiger charge is 2.26. The molecule has 4 rings (SSSR count). The molecule has 168 valence electrons. The van der Waals surface area contributed by atoms with Crippen molar-refractivity contribution in [3.63, 3.8) is 0 Å². The largest absolute Gasteiger partial charge is 0.493 e. The van der Waals surface area contributed by atoms with Crippen LogP contribution in [0.5, 0.6) is 11.5 Å². The maximum atomic E-state index is 13.1. The zero-order chi connectivity index (χ0) is 23.5. The summed E-state index contributed by atoms with van der Waals surface area (Å²) < 4.78 is 31.3. The highest BCUT2D eigenvalue weighted by Crippen LogP contribution is 2.38. The van der Waals surface area contributed by atoms with Gasteiger partial charge in [0.2, 0.25) is 5.90 Å². The summed E-state index contributed by atoms with van der Waals surface area (Å²) in [6.07, 6.45) is 1.59. The van der Waals surface area contributed by atoms with Crippen LogP contribution in [0, 0.1) is 9.39 Å². The van der Waals surface area contributed by atoms with Gasteiger partial charge in [0.15, 0.2) is 17.2 Å². The van der Waals surface area contributed by atoms with Gasteiger partial charge in [0, 0.05) is 3.57 Å². The van der Waals surface area contributed by atoms with Gasteiger partial charge in [-0.05, 0) is 98.2 Å². The van der Waals surface area contributed by atoms with E-state index in [9.17, 15) is 9.18 Å². The van der Waals surface area contributed by atoms with E-state index in [1.54, 1.807) is 42.5 Å². The lowest BCUT2D eigenvalue weighted by Crippen LogP contribution is -2.06. The summed E-state index contributed by atoms with van der Waals surface area (Å²) in [4.78, 5) is 16.7. The fourth-order valence-corrected chi connectivity index (χ4v) is 4.31. The summed E-state index contributed by atoms with van der Waals surface area (Å²) in [7, 11) is 1.52. The average Bonchev–Trinajstić information content (AvgIpc) is 3.15. The van der Waals surface area contributed by atoms with Gasteiger partial charge < -0.3 is 14.2 Å². The molecule has 0 amide bonds. The van der Waals surface area contributed by atoms with Crippen LogP contribution in [0.3, 0.4) is 0 Å². The average molecular weight is 643 g/mol. The molecule has 0 atom stereocenters. The van der Waals surface area contributed by atoms with Crippen molar-refractivity contribution in [1.29, 1.82) is 0 Å². The van der Waals surface area contributed by atoms with E-state index in [1.165, 1.54) is 19.2 Å². The summed E-state index contributed by atoms with van der Waals surface area (Å²) >= 11 is 11.9. The van der Waals surface area contributed by atoms with Crippen molar-refractivity contribution in [2.24, 2.45) is 4.99 Å². The van der Waals surface area contributed by atoms with Gasteiger partial charge in [-0.15, -0.1) is 0 Å². The number of hydrogen-bond acceptors (Lipinski definition) is 5. The summed E-state index contributed by atoms with van der Waals surface area (Å²) in [6, 6.07) is 14.9. The molecule has 0 spiro atoms. The molecule has 5 nitrogen and oxygen atoms in total. The zero-order valence-corrected chi connectivity index (χ0v) is 21.6. The minimum absolute atomic E-state index is 0.133. The van der Waals surface area contributed by atoms with Crippen LogP contribution in [0.2, 0.25) is 5.02 Å². The fourth-order valence-electron chi connectivity index (χ4n) is 3.04. The molecule has 0 saturated carbocycles. The zero-order valence-electron chi connectivity index (χ0n) is 17.1. The van der Waals surface area contributed by atoms with Crippen LogP contribution < -0.4 is 9.47 Å². The predicted molar refractivity (Wildman–Crippen MR) is 136 cm³/mol. The second-order valence-electron chi connectivity index (χ2n) is 6.91. The van der Waals surface area contributed by atoms with E-state index in [4.69, 9.17) is 25.8 Å². The molecule has 0 fully saturated rings. The van der Waals surface area contributed by atoms with E-state index in [2.05, 4.69) is 43.5 Å². The minimum atomic E-state index is -0.577. The number of carbonyl (C=O) groups is 1. The van der Waals surface area contributed by atoms with E-state index in [1.807, 2.05) is 6.07 Å². The quantitative estimate of drug-likeness (QED) is 0.169. The highest BCUT2D eigenvalue weighted by molar-refractivity contribution is 14.1. The molecule has 9 heteroatoms. The number of carbonyl (C=O) groups excluding carboxylic acids is 1. The van der Waals surface area contributed by atoms with Gasteiger partial charge in [-0.3, -0.25) is 0 Å². The van der Waals surface area contributed by atoms with Gasteiger partial charge in [-0.25, -0.2) is 14.2 Å². The third-order valence-electron chi connectivity index (χ3n) is 4.63. The Bertz CT molecular complexity index is 1290. The van der Waals surface area contributed by atoms with Crippen LogP contribution in [-0.2, 0) is 16.1 Å². The maximum absolute atomic E-state index is 13.1. The molecule has 33 heavy (non-hydrogen) atoms. The third kappa shape index (κ3) is 5.56. The molecule has 0 radical (unpaired) electrons. The Labute approximate surface area is 216 Å². The number of ether oxygens (including phenoxy) is 3. The Balaban J connectivity index is 1.60. The van der Waals surface area contributed by atoms with Crippen molar-refractivity contribution < 1.29 is 23.4 Å². The van der Waals surface area contributed by atoms with E-state index in [-0.39, 0.29) is 24.0 Å². The minimum Gasteiger partial charge on any atom is -0.493 e. The smallest absolute Gasteiger partial charge is 0.363 e. The Hall–Kier alpha value is -2.43. The maximum Gasteiger partial charge on any atom is 0.363 e. The predicted octanol–water partition coefficient (Wildman–Crippen LogP) is 6.78. The van der Waals surface area contributed by atoms with Crippen LogP contribution in [0.15, 0.2) is 69.8 Å². The van der Waals surface area contributed by atoms with Crippen LogP contribution >= 0.6 is 50.1 Å². The van der Waals surface area contributed by atoms with Crippen molar-refractivity contribution >= 4 is 68.1 Å². The first kappa shape index (κ1) is 23.7. The van der Waals surface area contributed by atoms with Gasteiger partial charge in [0.25, 0.3) is 0 Å². The van der Waals surface area contributed by atoms with Crippen molar-refractivity contribution in [3.8, 4) is 11.5 Å². The molecule has 1 aliphatic heterocycles. The van der Waals surface area contributed by atoms with Gasteiger partial charge in [0.1, 0.15) is 12.4 Å². The Kier molecular flexibility index (Phi) is 7.35. The first-order valence-corrected chi connectivity index (χ1v) is 11.8. The number of nitrogens with zero attached hydrogens (tertiary/aromatic N) is 1. The third-order valence-corrected chi connectivity index (χ3v) is 6.22. The number of cyclic esters (lactones) is 1. The molecule has 0 N–H and O–H groups in total. The number of aliphatic imine (C=N–C) groups is 1. The number of benzene rings is 3. The second kappa shape index (κ2) is 10.2. The standard InChI is InChI=1S/C24H15BrClFINO4/c1-31-21-10-14(8-18(25)22(21)32-12-13-2-4-15(27)5-3-13)9-20-24(30)33-23(29-20)17-11-16(28)6-7-19(17)26/h2-11H,12H2,1H3/b20-9-. The molecule has 0 aromatic heterocycles. The molecule has 1 aliphatic rings. The SMILES string of the molecule is COc1cc(/C=C2\N=C(c3cc(I)ccc3Cl)OC2=O)cc(Br)c1OCc1ccc(F)cc1. The molecule has 1 heterocycles. The van der Waals surface area contributed by atoms with Crippen molar-refractivity contribution in [2.75, 3.05) is 7.11 Å². The van der Waals surface area contributed by atoms with E-state index >= 15 is 0 Å². The first-order chi connectivity index (χ1) is 15.8. The Morgan fingerprint density at radius 3 is 2.67 bits per heavy atom. The van der Waals surface area contributed by atoms with Crippen LogP contribution in [0.4, 0.5) is 4.39 Å². The Morgan fingerprint density at radius 1 is 1.18 bits per heavy atom. The van der Waals surface area contributed by atoms with E-state index in [0.717, 1.165) is 9.13 Å². The lowest BCUT2D eigenvalue weighted by atomic mass is 10.1. The Morgan fingerprint density at radius 2 is 1.94 bits per heavy atom. The number of methoxy groups -OCH3 is 1. The summed E-state index contributed by atoms with van der Waals surface area (Å²) in [6.45, 7) is 0.228. The van der Waals surface area contributed by atoms with E-state index < -0.39 is 5.97 Å². The number of rotatable bonds is 6. The van der Waals surface area contributed by atoms with Gasteiger partial charge in [0.05, 0.1) is 22.2 Å². The fraction of sp³-hybridized carbons (Fsp3) is 0.0833. The molecule has 0 saturated heterocycles. The van der Waals surface area contributed by atoms with Gasteiger partial charge in [-0.2, -0.15) is 0 Å². The molecule has 3 aromatic rings. The van der Waals surface area contributed by atoms with Crippen molar-refractivity contribution in [3.05, 3.63) is 95.9 Å². The van der Waals surface area contributed by atoms with Crippen LogP contribution in [0.25, 0.3) is 6.08 Å². The summed E-state index contributed by atoms with van der Waals surface area (Å²) in [5.41, 5.74) is 2.14. The number of esters is 1. The molecule has 3 aromatic carbocycles. The van der Waals surface area contributed by atoms with E-state index in [0.29, 0.717) is 32.1 Å². The van der Waals surface area contributed by atoms with Crippen molar-refractivity contribution in [1.82, 2.24) is 0 Å². The molecular formula is C24H15BrClFINO4.